The molecule has 0 atom stereocenters. The monoisotopic (exact) mass is 436 g/mol. The zero-order valence-electron chi connectivity index (χ0n) is 18.3. The summed E-state index contributed by atoms with van der Waals surface area (Å²) < 4.78 is 28.1. The van der Waals surface area contributed by atoms with Gasteiger partial charge >= 0.3 is 0 Å². The number of sulfonamides is 1. The molecule has 3 aromatic rings. The van der Waals surface area contributed by atoms with Crippen molar-refractivity contribution in [3.63, 3.8) is 0 Å². The van der Waals surface area contributed by atoms with Crippen LogP contribution >= 0.6 is 0 Å². The maximum absolute atomic E-state index is 13.5. The summed E-state index contributed by atoms with van der Waals surface area (Å²) in [6.07, 6.45) is 0.906. The van der Waals surface area contributed by atoms with Crippen molar-refractivity contribution in [1.29, 1.82) is 0 Å². The van der Waals surface area contributed by atoms with Gasteiger partial charge in [-0.2, -0.15) is 0 Å². The molecular formula is C25H28N2O3S. The maximum Gasteiger partial charge on any atom is 0.264 e. The molecule has 0 aliphatic heterocycles. The lowest BCUT2D eigenvalue weighted by molar-refractivity contribution is -0.114. The molecule has 0 aliphatic rings. The second-order valence-corrected chi connectivity index (χ2v) is 9.55. The Kier molecular flexibility index (Phi) is 6.81. The number of anilines is 2. The quantitative estimate of drug-likeness (QED) is 0.566. The second-order valence-electron chi connectivity index (χ2n) is 7.69. The molecule has 0 radical (unpaired) electrons. The molecule has 5 nitrogen and oxygen atoms in total. The van der Waals surface area contributed by atoms with Crippen LogP contribution in [-0.4, -0.2) is 20.9 Å². The third-order valence-electron chi connectivity index (χ3n) is 5.32. The third-order valence-corrected chi connectivity index (χ3v) is 7.11. The van der Waals surface area contributed by atoms with Gasteiger partial charge in [0, 0.05) is 5.69 Å². The fraction of sp³-hybridized carbons (Fsp3) is 0.240. The Morgan fingerprint density at radius 2 is 1.52 bits per heavy atom. The van der Waals surface area contributed by atoms with Crippen molar-refractivity contribution in [3.05, 3.63) is 89.0 Å². The second kappa shape index (κ2) is 9.35. The molecule has 162 valence electrons. The Labute approximate surface area is 184 Å². The standard InChI is InChI=1S/C25H28N2O3S/c1-5-21-9-11-22(12-10-21)26-25(28)17-27(23-13-8-19(3)20(4)16-23)31(29,30)24-14-6-18(2)7-15-24/h6-16H,5,17H2,1-4H3,(H,26,28). The van der Waals surface area contributed by atoms with Crippen LogP contribution in [0.2, 0.25) is 0 Å². The minimum absolute atomic E-state index is 0.149. The van der Waals surface area contributed by atoms with Gasteiger partial charge < -0.3 is 5.32 Å². The molecule has 1 amide bonds. The summed E-state index contributed by atoms with van der Waals surface area (Å²) in [6.45, 7) is 7.52. The number of rotatable bonds is 7. The first-order valence-electron chi connectivity index (χ1n) is 10.3. The van der Waals surface area contributed by atoms with Crippen LogP contribution in [0.25, 0.3) is 0 Å². The van der Waals surface area contributed by atoms with Gasteiger partial charge in [0.05, 0.1) is 10.6 Å². The Balaban J connectivity index is 1.94. The van der Waals surface area contributed by atoms with E-state index < -0.39 is 15.9 Å². The molecule has 0 saturated heterocycles. The van der Waals surface area contributed by atoms with Gasteiger partial charge in [0.15, 0.2) is 0 Å². The zero-order valence-corrected chi connectivity index (χ0v) is 19.2. The SMILES string of the molecule is CCc1ccc(NC(=O)CN(c2ccc(C)c(C)c2)S(=O)(=O)c2ccc(C)cc2)cc1. The van der Waals surface area contributed by atoms with Crippen LogP contribution in [0.1, 0.15) is 29.2 Å². The summed E-state index contributed by atoms with van der Waals surface area (Å²) in [5.41, 5.74) is 5.23. The van der Waals surface area contributed by atoms with Gasteiger partial charge in [-0.1, -0.05) is 42.8 Å². The van der Waals surface area contributed by atoms with Gasteiger partial charge in [-0.3, -0.25) is 9.10 Å². The topological polar surface area (TPSA) is 66.5 Å². The number of hydrogen-bond donors (Lipinski definition) is 1. The minimum atomic E-state index is -3.93. The highest BCUT2D eigenvalue weighted by Crippen LogP contribution is 2.26. The predicted molar refractivity (Wildman–Crippen MR) is 126 cm³/mol. The van der Waals surface area contributed by atoms with Crippen LogP contribution < -0.4 is 9.62 Å². The molecule has 0 bridgehead atoms. The lowest BCUT2D eigenvalue weighted by Gasteiger charge is -2.25. The van der Waals surface area contributed by atoms with E-state index in [9.17, 15) is 13.2 Å². The lowest BCUT2D eigenvalue weighted by Crippen LogP contribution is -2.38. The van der Waals surface area contributed by atoms with Crippen molar-refractivity contribution in [1.82, 2.24) is 0 Å². The van der Waals surface area contributed by atoms with E-state index in [0.717, 1.165) is 28.7 Å². The molecule has 0 spiro atoms. The van der Waals surface area contributed by atoms with Crippen LogP contribution in [-0.2, 0) is 21.2 Å². The van der Waals surface area contributed by atoms with Crippen LogP contribution in [0.15, 0.2) is 71.6 Å². The number of benzene rings is 3. The molecule has 0 heterocycles. The predicted octanol–water partition coefficient (Wildman–Crippen LogP) is 5.01. The molecule has 3 rings (SSSR count). The van der Waals surface area contributed by atoms with Gasteiger partial charge in [0.25, 0.3) is 10.0 Å². The molecule has 0 fully saturated rings. The smallest absolute Gasteiger partial charge is 0.264 e. The summed E-state index contributed by atoms with van der Waals surface area (Å²) in [4.78, 5) is 13.0. The first kappa shape index (κ1) is 22.6. The van der Waals surface area contributed by atoms with Crippen molar-refractivity contribution >= 4 is 27.3 Å². The van der Waals surface area contributed by atoms with E-state index in [1.165, 1.54) is 4.31 Å². The molecule has 3 aromatic carbocycles. The molecular weight excluding hydrogens is 408 g/mol. The van der Waals surface area contributed by atoms with E-state index >= 15 is 0 Å². The third kappa shape index (κ3) is 5.33. The molecule has 0 unspecified atom stereocenters. The number of carbonyl (C=O) groups is 1. The van der Waals surface area contributed by atoms with E-state index in [1.54, 1.807) is 36.4 Å². The van der Waals surface area contributed by atoms with Crippen LogP contribution in [0.3, 0.4) is 0 Å². The highest BCUT2D eigenvalue weighted by molar-refractivity contribution is 7.92. The fourth-order valence-corrected chi connectivity index (χ4v) is 4.60. The number of amides is 1. The van der Waals surface area contributed by atoms with Crippen LogP contribution in [0.5, 0.6) is 0 Å². The van der Waals surface area contributed by atoms with Gasteiger partial charge in [-0.05, 0) is 80.3 Å². The Bertz CT molecular complexity index is 1170. The molecule has 6 heteroatoms. The van der Waals surface area contributed by atoms with E-state index in [1.807, 2.05) is 51.1 Å². The fourth-order valence-electron chi connectivity index (χ4n) is 3.19. The van der Waals surface area contributed by atoms with E-state index in [2.05, 4.69) is 12.2 Å². The highest BCUT2D eigenvalue weighted by atomic mass is 32.2. The van der Waals surface area contributed by atoms with E-state index in [0.29, 0.717) is 11.4 Å². The van der Waals surface area contributed by atoms with Crippen molar-refractivity contribution in [2.75, 3.05) is 16.2 Å². The molecule has 1 N–H and O–H groups in total. The Hall–Kier alpha value is -3.12. The summed E-state index contributed by atoms with van der Waals surface area (Å²) in [5, 5.41) is 2.81. The van der Waals surface area contributed by atoms with E-state index in [4.69, 9.17) is 0 Å². The average Bonchev–Trinajstić information content (AvgIpc) is 2.75. The Morgan fingerprint density at radius 3 is 2.10 bits per heavy atom. The summed E-state index contributed by atoms with van der Waals surface area (Å²) in [7, 11) is -3.93. The van der Waals surface area contributed by atoms with Gasteiger partial charge in [-0.25, -0.2) is 8.42 Å². The summed E-state index contributed by atoms with van der Waals surface area (Å²) in [5.74, 6) is -0.404. The highest BCUT2D eigenvalue weighted by Gasteiger charge is 2.27. The largest absolute Gasteiger partial charge is 0.325 e. The van der Waals surface area contributed by atoms with Crippen LogP contribution in [0, 0.1) is 20.8 Å². The van der Waals surface area contributed by atoms with Crippen molar-refractivity contribution in [2.24, 2.45) is 0 Å². The van der Waals surface area contributed by atoms with Crippen molar-refractivity contribution < 1.29 is 13.2 Å². The maximum atomic E-state index is 13.5. The van der Waals surface area contributed by atoms with E-state index in [-0.39, 0.29) is 11.4 Å². The molecule has 0 saturated carbocycles. The minimum Gasteiger partial charge on any atom is -0.325 e. The number of hydrogen-bond acceptors (Lipinski definition) is 3. The zero-order chi connectivity index (χ0) is 22.6. The Morgan fingerprint density at radius 1 is 0.871 bits per heavy atom. The molecule has 0 aliphatic carbocycles. The number of aryl methyl sites for hydroxylation is 4. The first-order chi connectivity index (χ1) is 14.7. The normalized spacial score (nSPS) is 11.2. The van der Waals surface area contributed by atoms with Crippen molar-refractivity contribution in [2.45, 2.75) is 39.0 Å². The summed E-state index contributed by atoms with van der Waals surface area (Å²) in [6, 6.07) is 19.6. The lowest BCUT2D eigenvalue weighted by atomic mass is 10.1. The number of nitrogens with zero attached hydrogens (tertiary/aromatic N) is 1. The molecule has 0 aromatic heterocycles. The molecule has 31 heavy (non-hydrogen) atoms. The van der Waals surface area contributed by atoms with Gasteiger partial charge in [0.1, 0.15) is 6.54 Å². The average molecular weight is 437 g/mol. The first-order valence-corrected chi connectivity index (χ1v) is 11.7. The van der Waals surface area contributed by atoms with Gasteiger partial charge in [-0.15, -0.1) is 0 Å². The summed E-state index contributed by atoms with van der Waals surface area (Å²) >= 11 is 0. The van der Waals surface area contributed by atoms with Crippen LogP contribution in [0.4, 0.5) is 11.4 Å². The number of nitrogens with one attached hydrogen (secondary N) is 1. The van der Waals surface area contributed by atoms with Crippen molar-refractivity contribution in [3.8, 4) is 0 Å². The van der Waals surface area contributed by atoms with Gasteiger partial charge in [0.2, 0.25) is 5.91 Å². The number of carbonyl (C=O) groups excluding carboxylic acids is 1.